The summed E-state index contributed by atoms with van der Waals surface area (Å²) < 4.78 is 50.5. The lowest BCUT2D eigenvalue weighted by atomic mass is 9.96. The van der Waals surface area contributed by atoms with Gasteiger partial charge in [0.2, 0.25) is 0 Å². The maximum Gasteiger partial charge on any atom is 0.389 e. The third-order valence-electron chi connectivity index (χ3n) is 5.82. The minimum absolute atomic E-state index is 0.164. The summed E-state index contributed by atoms with van der Waals surface area (Å²) in [6, 6.07) is 8.57. The molecule has 1 aromatic heterocycles. The van der Waals surface area contributed by atoms with E-state index in [0.717, 1.165) is 17.2 Å². The standard InChI is InChI=1S/C25H23Cl2F3N2OS/c1-2-34(33)17-9-7-15(8-10-17)13-21-31-20-14-19(26)22(23(27)24(20)32-21)18-6-4-3-5-16(18)11-12-25(28,29)30/h3-7,9-10,14-15H,2,8,11-13H2,1H3,(H,31,32). The zero-order valence-corrected chi connectivity index (χ0v) is 20.7. The second-order valence-corrected chi connectivity index (χ2v) is 10.7. The molecule has 34 heavy (non-hydrogen) atoms. The topological polar surface area (TPSA) is 51.7 Å². The molecule has 1 heterocycles. The van der Waals surface area contributed by atoms with Crippen LogP contribution < -0.4 is 0 Å². The number of hydrogen-bond donors (Lipinski definition) is 1. The zero-order chi connectivity index (χ0) is 24.5. The number of halogens is 5. The van der Waals surface area contributed by atoms with Gasteiger partial charge in [0.25, 0.3) is 0 Å². The molecule has 9 heteroatoms. The lowest BCUT2D eigenvalue weighted by molar-refractivity contribution is -0.133. The van der Waals surface area contributed by atoms with Gasteiger partial charge in [-0.3, -0.25) is 0 Å². The Morgan fingerprint density at radius 3 is 2.68 bits per heavy atom. The van der Waals surface area contributed by atoms with E-state index in [-0.39, 0.29) is 12.3 Å². The number of hydrogen-bond acceptors (Lipinski definition) is 2. The summed E-state index contributed by atoms with van der Waals surface area (Å²) in [6.45, 7) is 1.89. The van der Waals surface area contributed by atoms with E-state index >= 15 is 0 Å². The second-order valence-electron chi connectivity index (χ2n) is 8.20. The van der Waals surface area contributed by atoms with E-state index in [2.05, 4.69) is 9.97 Å². The lowest BCUT2D eigenvalue weighted by Gasteiger charge is -2.16. The van der Waals surface area contributed by atoms with Crippen molar-refractivity contribution in [3.63, 3.8) is 0 Å². The SMILES string of the molecule is CC[S+]([O-])C1=CCC(Cc2nc3c(Cl)c(-c4ccccc4CCC(F)(F)F)c(Cl)cc3[nH]2)C=C1. The average molecular weight is 527 g/mol. The number of alkyl halides is 3. The first-order valence-corrected chi connectivity index (χ1v) is 13.0. The predicted octanol–water partition coefficient (Wildman–Crippen LogP) is 7.80. The molecule has 3 aromatic rings. The molecule has 0 aliphatic heterocycles. The first-order chi connectivity index (χ1) is 16.2. The van der Waals surface area contributed by atoms with Gasteiger partial charge >= 0.3 is 6.18 Å². The quantitative estimate of drug-likeness (QED) is 0.319. The summed E-state index contributed by atoms with van der Waals surface area (Å²) in [7, 11) is 0. The largest absolute Gasteiger partial charge is 0.611 e. The Morgan fingerprint density at radius 2 is 2.00 bits per heavy atom. The lowest BCUT2D eigenvalue weighted by Crippen LogP contribution is -2.11. The Kier molecular flexibility index (Phi) is 7.67. The van der Waals surface area contributed by atoms with Crippen molar-refractivity contribution < 1.29 is 17.7 Å². The van der Waals surface area contributed by atoms with Crippen molar-refractivity contribution in [1.29, 1.82) is 0 Å². The first kappa shape index (κ1) is 25.2. The highest BCUT2D eigenvalue weighted by atomic mass is 35.5. The van der Waals surface area contributed by atoms with Crippen LogP contribution in [0.25, 0.3) is 22.2 Å². The minimum Gasteiger partial charge on any atom is -0.611 e. The Bertz CT molecular complexity index is 1250. The first-order valence-electron chi connectivity index (χ1n) is 10.9. The van der Waals surface area contributed by atoms with Crippen molar-refractivity contribution in [1.82, 2.24) is 9.97 Å². The molecule has 0 bridgehead atoms. The van der Waals surface area contributed by atoms with Crippen LogP contribution in [-0.2, 0) is 24.0 Å². The summed E-state index contributed by atoms with van der Waals surface area (Å²) in [5.41, 5.74) is 2.79. The third kappa shape index (κ3) is 5.65. The molecule has 1 N–H and O–H groups in total. The van der Waals surface area contributed by atoms with E-state index in [1.807, 2.05) is 25.2 Å². The summed E-state index contributed by atoms with van der Waals surface area (Å²) in [5.74, 6) is 1.53. The molecule has 180 valence electrons. The highest BCUT2D eigenvalue weighted by Crippen LogP contribution is 2.41. The average Bonchev–Trinajstić information content (AvgIpc) is 3.20. The minimum atomic E-state index is -4.25. The van der Waals surface area contributed by atoms with Gasteiger partial charge in [-0.1, -0.05) is 53.5 Å². The predicted molar refractivity (Wildman–Crippen MR) is 134 cm³/mol. The number of benzene rings is 2. The van der Waals surface area contributed by atoms with Crippen molar-refractivity contribution in [2.75, 3.05) is 5.75 Å². The van der Waals surface area contributed by atoms with Crippen LogP contribution in [-0.4, -0.2) is 26.4 Å². The number of H-pyrrole nitrogens is 1. The van der Waals surface area contributed by atoms with Crippen LogP contribution in [0.4, 0.5) is 13.2 Å². The monoisotopic (exact) mass is 526 g/mol. The highest BCUT2D eigenvalue weighted by molar-refractivity contribution is 7.95. The third-order valence-corrected chi connectivity index (χ3v) is 7.84. The van der Waals surface area contributed by atoms with Crippen LogP contribution in [0.3, 0.4) is 0 Å². The van der Waals surface area contributed by atoms with Gasteiger partial charge in [-0.05, 0) is 66.2 Å². The number of nitrogens with one attached hydrogen (secondary N) is 1. The molecule has 0 amide bonds. The molecule has 0 saturated heterocycles. The number of aromatic nitrogens is 2. The van der Waals surface area contributed by atoms with Gasteiger partial charge in [-0.2, -0.15) is 13.2 Å². The second kappa shape index (κ2) is 10.4. The van der Waals surface area contributed by atoms with E-state index in [1.165, 1.54) is 0 Å². The van der Waals surface area contributed by atoms with Crippen molar-refractivity contribution in [2.45, 2.75) is 38.8 Å². The molecule has 0 saturated carbocycles. The summed E-state index contributed by atoms with van der Waals surface area (Å²) in [5, 5.41) is 0.656. The van der Waals surface area contributed by atoms with Crippen LogP contribution in [0, 0.1) is 5.92 Å². The van der Waals surface area contributed by atoms with Crippen molar-refractivity contribution >= 4 is 45.4 Å². The van der Waals surface area contributed by atoms with E-state index in [9.17, 15) is 17.7 Å². The molecule has 1 aliphatic rings. The van der Waals surface area contributed by atoms with Crippen LogP contribution in [0.1, 0.15) is 31.2 Å². The normalized spacial score (nSPS) is 17.3. The van der Waals surface area contributed by atoms with Gasteiger partial charge < -0.3 is 9.54 Å². The van der Waals surface area contributed by atoms with Gasteiger partial charge in [-0.15, -0.1) is 0 Å². The summed E-state index contributed by atoms with van der Waals surface area (Å²) in [6.07, 6.45) is 2.03. The van der Waals surface area contributed by atoms with Gasteiger partial charge in [0.15, 0.2) is 0 Å². The van der Waals surface area contributed by atoms with Gasteiger partial charge in [0.1, 0.15) is 22.0 Å². The van der Waals surface area contributed by atoms with E-state index in [1.54, 1.807) is 30.3 Å². The summed E-state index contributed by atoms with van der Waals surface area (Å²) in [4.78, 5) is 8.80. The van der Waals surface area contributed by atoms with Crippen molar-refractivity contribution in [2.24, 2.45) is 5.92 Å². The van der Waals surface area contributed by atoms with Crippen molar-refractivity contribution in [3.05, 3.63) is 74.9 Å². The smallest absolute Gasteiger partial charge is 0.389 e. The zero-order valence-electron chi connectivity index (χ0n) is 18.4. The number of imidazole rings is 1. The van der Waals surface area contributed by atoms with Gasteiger partial charge in [-0.25, -0.2) is 4.98 Å². The molecule has 4 rings (SSSR count). The molecule has 0 spiro atoms. The Balaban J connectivity index is 1.62. The van der Waals surface area contributed by atoms with Crippen molar-refractivity contribution in [3.8, 4) is 11.1 Å². The van der Waals surface area contributed by atoms with Crippen LogP contribution in [0.2, 0.25) is 10.0 Å². The molecule has 0 fully saturated rings. The van der Waals surface area contributed by atoms with Gasteiger partial charge in [0.05, 0.1) is 15.6 Å². The molecule has 2 atom stereocenters. The molecule has 1 aliphatic carbocycles. The number of allylic oxidation sites excluding steroid dienone is 3. The Hall–Kier alpha value is -1.93. The molecule has 0 radical (unpaired) electrons. The molecule has 2 aromatic carbocycles. The maximum atomic E-state index is 12.8. The number of rotatable bonds is 7. The molecular weight excluding hydrogens is 504 g/mol. The number of aromatic amines is 1. The van der Waals surface area contributed by atoms with Crippen LogP contribution in [0.5, 0.6) is 0 Å². The fourth-order valence-electron chi connectivity index (χ4n) is 4.11. The van der Waals surface area contributed by atoms with E-state index < -0.39 is 23.8 Å². The molecular formula is C25H23Cl2F3N2OS. The molecule has 2 unspecified atom stereocenters. The van der Waals surface area contributed by atoms with Gasteiger partial charge in [0, 0.05) is 18.4 Å². The number of nitrogens with zero attached hydrogens (tertiary/aromatic N) is 1. The highest BCUT2D eigenvalue weighted by Gasteiger charge is 2.27. The number of aryl methyl sites for hydroxylation is 1. The van der Waals surface area contributed by atoms with Crippen LogP contribution in [0.15, 0.2) is 53.5 Å². The fourth-order valence-corrected chi connectivity index (χ4v) is 5.66. The van der Waals surface area contributed by atoms with Crippen LogP contribution >= 0.6 is 23.2 Å². The van der Waals surface area contributed by atoms with E-state index in [0.29, 0.717) is 49.9 Å². The Labute approximate surface area is 209 Å². The summed E-state index contributed by atoms with van der Waals surface area (Å²) >= 11 is 12.3. The van der Waals surface area contributed by atoms with E-state index in [4.69, 9.17) is 23.2 Å². The molecule has 3 nitrogen and oxygen atoms in total. The maximum absolute atomic E-state index is 12.8. The number of fused-ring (bicyclic) bond motifs is 1. The fraction of sp³-hybridized carbons (Fsp3) is 0.320. The Morgan fingerprint density at radius 1 is 1.24 bits per heavy atom.